The topological polar surface area (TPSA) is 131 Å². The maximum Gasteiger partial charge on any atom is 0.335 e. The number of urea groups is 1. The molecule has 1 aliphatic rings. The second-order valence-corrected chi connectivity index (χ2v) is 11.9. The first-order chi connectivity index (χ1) is 18.5. The molecular weight excluding hydrogens is 520 g/mol. The van der Waals surface area contributed by atoms with Gasteiger partial charge < -0.3 is 19.9 Å². The van der Waals surface area contributed by atoms with Gasteiger partial charge in [-0.2, -0.15) is 0 Å². The van der Waals surface area contributed by atoms with Crippen LogP contribution in [0.15, 0.2) is 71.6 Å². The zero-order chi connectivity index (χ0) is 28.2. The summed E-state index contributed by atoms with van der Waals surface area (Å²) in [6, 6.07) is 17.0. The quantitative estimate of drug-likeness (QED) is 0.274. The molecule has 0 radical (unpaired) electrons. The Balaban J connectivity index is 1.57. The maximum absolute atomic E-state index is 13.3. The largest absolute Gasteiger partial charge is 0.497 e. The van der Waals surface area contributed by atoms with E-state index in [1.807, 2.05) is 48.9 Å². The highest BCUT2D eigenvalue weighted by atomic mass is 32.2. The Morgan fingerprint density at radius 2 is 1.69 bits per heavy atom. The summed E-state index contributed by atoms with van der Waals surface area (Å²) in [5.41, 5.74) is 0.817. The third-order valence-corrected chi connectivity index (χ3v) is 7.87. The molecule has 206 valence electrons. The maximum atomic E-state index is 13.3. The summed E-state index contributed by atoms with van der Waals surface area (Å²) in [4.78, 5) is 23.8. The molecule has 0 aliphatic heterocycles. The van der Waals surface area contributed by atoms with Gasteiger partial charge in [-0.25, -0.2) is 22.7 Å². The number of ether oxygens (including phenoxy) is 2. The van der Waals surface area contributed by atoms with Crippen LogP contribution < -0.4 is 19.5 Å². The number of sulfonamides is 1. The SMILES string of the molecule is COc1ccc(-c2cccc(Oc3ccc(C(=O)O)cc3S(=O)(=O)NC(=O)NC(C)(C)CCC3CC3)c2)cc1. The Hall–Kier alpha value is -4.05. The Morgan fingerprint density at radius 3 is 2.33 bits per heavy atom. The molecule has 3 aromatic carbocycles. The predicted molar refractivity (Wildman–Crippen MR) is 147 cm³/mol. The Bertz CT molecular complexity index is 1460. The van der Waals surface area contributed by atoms with Crippen LogP contribution in [-0.4, -0.2) is 38.2 Å². The van der Waals surface area contributed by atoms with Crippen LogP contribution >= 0.6 is 0 Å². The second kappa shape index (κ2) is 11.4. The number of carboxylic acid groups (broad SMARTS) is 1. The smallest absolute Gasteiger partial charge is 0.335 e. The first kappa shape index (κ1) is 28.0. The number of carbonyl (C=O) groups is 2. The highest BCUT2D eigenvalue weighted by Crippen LogP contribution is 2.35. The lowest BCUT2D eigenvalue weighted by Crippen LogP contribution is -2.49. The predicted octanol–water partition coefficient (Wildman–Crippen LogP) is 5.81. The van der Waals surface area contributed by atoms with Gasteiger partial charge in [-0.1, -0.05) is 37.1 Å². The number of methoxy groups -OCH3 is 1. The van der Waals surface area contributed by atoms with E-state index < -0.39 is 32.5 Å². The van der Waals surface area contributed by atoms with E-state index in [9.17, 15) is 23.1 Å². The van der Waals surface area contributed by atoms with Gasteiger partial charge in [0.05, 0.1) is 12.7 Å². The number of benzene rings is 3. The van der Waals surface area contributed by atoms with Crippen LogP contribution in [0.5, 0.6) is 17.2 Å². The molecule has 9 nitrogen and oxygen atoms in total. The lowest BCUT2D eigenvalue weighted by Gasteiger charge is -2.26. The minimum Gasteiger partial charge on any atom is -0.497 e. The van der Waals surface area contributed by atoms with Crippen molar-refractivity contribution in [3.8, 4) is 28.4 Å². The van der Waals surface area contributed by atoms with Crippen LogP contribution in [0.1, 0.15) is 49.9 Å². The number of rotatable bonds is 11. The van der Waals surface area contributed by atoms with Crippen LogP contribution in [0.25, 0.3) is 11.1 Å². The molecule has 0 bridgehead atoms. The molecule has 0 saturated heterocycles. The van der Waals surface area contributed by atoms with Crippen molar-refractivity contribution < 1.29 is 32.6 Å². The third kappa shape index (κ3) is 7.51. The molecule has 39 heavy (non-hydrogen) atoms. The molecule has 1 saturated carbocycles. The normalized spacial score (nSPS) is 13.4. The van der Waals surface area contributed by atoms with Crippen molar-refractivity contribution in [2.75, 3.05) is 7.11 Å². The van der Waals surface area contributed by atoms with Crippen molar-refractivity contribution >= 4 is 22.0 Å². The van der Waals surface area contributed by atoms with Gasteiger partial charge >= 0.3 is 12.0 Å². The number of carboxylic acids is 1. The standard InChI is InChI=1S/C29H32N2O7S/c1-29(2,16-15-19-7-8-19)30-28(34)31-39(35,36)26-18-22(27(32)33)11-14-25(26)38-24-6-4-5-21(17-24)20-9-12-23(37-3)13-10-20/h4-6,9-14,17-19H,7-8,15-16H2,1-3H3,(H,32,33)(H2,30,31,34). The fourth-order valence-electron chi connectivity index (χ4n) is 4.13. The van der Waals surface area contributed by atoms with Crippen LogP contribution in [-0.2, 0) is 10.0 Å². The third-order valence-electron chi connectivity index (χ3n) is 6.52. The zero-order valence-corrected chi connectivity index (χ0v) is 22.9. The molecule has 10 heteroatoms. The van der Waals surface area contributed by atoms with E-state index in [1.165, 1.54) is 25.0 Å². The van der Waals surface area contributed by atoms with E-state index in [4.69, 9.17) is 9.47 Å². The van der Waals surface area contributed by atoms with Crippen LogP contribution in [0.4, 0.5) is 4.79 Å². The van der Waals surface area contributed by atoms with E-state index in [1.54, 1.807) is 25.3 Å². The van der Waals surface area contributed by atoms with Gasteiger partial charge in [-0.15, -0.1) is 0 Å². The molecule has 4 rings (SSSR count). The molecule has 0 aromatic heterocycles. The Kier molecular flexibility index (Phi) is 8.15. The summed E-state index contributed by atoms with van der Waals surface area (Å²) in [5, 5.41) is 12.2. The van der Waals surface area contributed by atoms with E-state index in [2.05, 4.69) is 5.32 Å². The average molecular weight is 553 g/mol. The number of carbonyl (C=O) groups excluding carboxylic acids is 1. The van der Waals surface area contributed by atoms with Gasteiger partial charge in [0.1, 0.15) is 22.1 Å². The molecule has 0 unspecified atom stereocenters. The van der Waals surface area contributed by atoms with Gasteiger partial charge in [-0.3, -0.25) is 0 Å². The highest BCUT2D eigenvalue weighted by molar-refractivity contribution is 7.90. The fraction of sp³-hybridized carbons (Fsp3) is 0.310. The van der Waals surface area contributed by atoms with Crippen molar-refractivity contribution in [2.45, 2.75) is 50.0 Å². The van der Waals surface area contributed by atoms with Crippen LogP contribution in [0.2, 0.25) is 0 Å². The molecule has 1 fully saturated rings. The summed E-state index contributed by atoms with van der Waals surface area (Å²) in [6.07, 6.45) is 4.03. The number of hydrogen-bond acceptors (Lipinski definition) is 6. The number of aromatic carboxylic acids is 1. The highest BCUT2D eigenvalue weighted by Gasteiger charge is 2.30. The molecule has 1 aliphatic carbocycles. The van der Waals surface area contributed by atoms with E-state index >= 15 is 0 Å². The Labute approximate surface area is 228 Å². The van der Waals surface area contributed by atoms with Crippen LogP contribution in [0.3, 0.4) is 0 Å². The molecular formula is C29H32N2O7S. The number of nitrogens with one attached hydrogen (secondary N) is 2. The van der Waals surface area contributed by atoms with Crippen molar-refractivity contribution in [1.29, 1.82) is 0 Å². The van der Waals surface area contributed by atoms with Gasteiger partial charge in [0.25, 0.3) is 10.0 Å². The molecule has 0 spiro atoms. The first-order valence-electron chi connectivity index (χ1n) is 12.6. The zero-order valence-electron chi connectivity index (χ0n) is 22.1. The molecule has 3 N–H and O–H groups in total. The van der Waals surface area contributed by atoms with Gasteiger partial charge in [0.15, 0.2) is 0 Å². The van der Waals surface area contributed by atoms with Gasteiger partial charge in [0, 0.05) is 5.54 Å². The lowest BCUT2D eigenvalue weighted by molar-refractivity contribution is 0.0696. The first-order valence-corrected chi connectivity index (χ1v) is 14.1. The summed E-state index contributed by atoms with van der Waals surface area (Å²) >= 11 is 0. The van der Waals surface area contributed by atoms with E-state index in [0.29, 0.717) is 23.8 Å². The molecule has 0 heterocycles. The Morgan fingerprint density at radius 1 is 0.974 bits per heavy atom. The number of amides is 2. The van der Waals surface area contributed by atoms with Crippen molar-refractivity contribution in [3.63, 3.8) is 0 Å². The average Bonchev–Trinajstić information content (AvgIpc) is 3.72. The van der Waals surface area contributed by atoms with Crippen LogP contribution in [0, 0.1) is 5.92 Å². The van der Waals surface area contributed by atoms with Crippen molar-refractivity contribution in [3.05, 3.63) is 72.3 Å². The summed E-state index contributed by atoms with van der Waals surface area (Å²) in [6.45, 7) is 3.66. The van der Waals surface area contributed by atoms with Gasteiger partial charge in [0.2, 0.25) is 0 Å². The summed E-state index contributed by atoms with van der Waals surface area (Å²) in [5.74, 6) is 0.265. The molecule has 3 aromatic rings. The van der Waals surface area contributed by atoms with Crippen molar-refractivity contribution in [2.24, 2.45) is 5.92 Å². The molecule has 2 amide bonds. The second-order valence-electron chi connectivity index (χ2n) is 10.3. The summed E-state index contributed by atoms with van der Waals surface area (Å²) < 4.78 is 39.7. The minimum absolute atomic E-state index is 0.125. The summed E-state index contributed by atoms with van der Waals surface area (Å²) in [7, 11) is -2.91. The minimum atomic E-state index is -4.49. The van der Waals surface area contributed by atoms with E-state index in [0.717, 1.165) is 23.6 Å². The van der Waals surface area contributed by atoms with E-state index in [-0.39, 0.29) is 11.3 Å². The van der Waals surface area contributed by atoms with Crippen molar-refractivity contribution in [1.82, 2.24) is 10.0 Å². The number of hydrogen-bond donors (Lipinski definition) is 3. The lowest BCUT2D eigenvalue weighted by atomic mass is 9.97. The molecule has 0 atom stereocenters. The van der Waals surface area contributed by atoms with Gasteiger partial charge in [-0.05, 0) is 86.2 Å². The fourth-order valence-corrected chi connectivity index (χ4v) is 5.19. The monoisotopic (exact) mass is 552 g/mol.